The van der Waals surface area contributed by atoms with Gasteiger partial charge in [0.25, 0.3) is 5.91 Å². The maximum Gasteiger partial charge on any atom is 0.251 e. The van der Waals surface area contributed by atoms with E-state index in [1.165, 1.54) is 18.2 Å². The van der Waals surface area contributed by atoms with E-state index < -0.39 is 0 Å². The highest BCUT2D eigenvalue weighted by Crippen LogP contribution is 2.39. The average molecular weight is 251 g/mol. The summed E-state index contributed by atoms with van der Waals surface area (Å²) < 4.78 is 13.1. The standard InChI is InChI=1S/C14H18FNO2/c1-10-7-11(3-4-12(10)15)13(18)16-8-14(9-17)5-2-6-14/h3-4,7,17H,2,5-6,8-9H2,1H3,(H,16,18). The van der Waals surface area contributed by atoms with Crippen LogP contribution in [-0.2, 0) is 0 Å². The van der Waals surface area contributed by atoms with Crippen molar-refractivity contribution in [3.05, 3.63) is 35.1 Å². The monoisotopic (exact) mass is 251 g/mol. The molecule has 0 atom stereocenters. The van der Waals surface area contributed by atoms with Crippen LogP contribution in [0.2, 0.25) is 0 Å². The van der Waals surface area contributed by atoms with Crippen molar-refractivity contribution in [1.29, 1.82) is 0 Å². The molecule has 1 aliphatic carbocycles. The summed E-state index contributed by atoms with van der Waals surface area (Å²) in [4.78, 5) is 11.9. The third-order valence-electron chi connectivity index (χ3n) is 3.79. The summed E-state index contributed by atoms with van der Waals surface area (Å²) in [5.74, 6) is -0.518. The van der Waals surface area contributed by atoms with Gasteiger partial charge in [-0.05, 0) is 43.5 Å². The lowest BCUT2D eigenvalue weighted by Gasteiger charge is -2.40. The molecule has 0 unspecified atom stereocenters. The Morgan fingerprint density at radius 1 is 1.50 bits per heavy atom. The van der Waals surface area contributed by atoms with Crippen molar-refractivity contribution >= 4 is 5.91 Å². The van der Waals surface area contributed by atoms with E-state index in [1.807, 2.05) is 0 Å². The molecule has 0 saturated heterocycles. The van der Waals surface area contributed by atoms with Crippen molar-refractivity contribution < 1.29 is 14.3 Å². The van der Waals surface area contributed by atoms with Crippen LogP contribution in [0.4, 0.5) is 4.39 Å². The van der Waals surface area contributed by atoms with Crippen molar-refractivity contribution in [3.8, 4) is 0 Å². The average Bonchev–Trinajstić information content (AvgIpc) is 2.31. The zero-order valence-corrected chi connectivity index (χ0v) is 10.5. The van der Waals surface area contributed by atoms with Crippen LogP contribution in [0.25, 0.3) is 0 Å². The molecule has 1 aromatic rings. The second-order valence-corrected chi connectivity index (χ2v) is 5.16. The van der Waals surface area contributed by atoms with E-state index in [0.717, 1.165) is 19.3 Å². The molecule has 0 heterocycles. The minimum atomic E-state index is -0.308. The molecule has 3 nitrogen and oxygen atoms in total. The van der Waals surface area contributed by atoms with Crippen LogP contribution < -0.4 is 5.32 Å². The Hall–Kier alpha value is -1.42. The number of hydrogen-bond donors (Lipinski definition) is 2. The molecular formula is C14H18FNO2. The summed E-state index contributed by atoms with van der Waals surface area (Å²) in [6.45, 7) is 2.22. The highest BCUT2D eigenvalue weighted by atomic mass is 19.1. The van der Waals surface area contributed by atoms with Gasteiger partial charge >= 0.3 is 0 Å². The topological polar surface area (TPSA) is 49.3 Å². The molecule has 18 heavy (non-hydrogen) atoms. The van der Waals surface area contributed by atoms with Crippen LogP contribution in [0, 0.1) is 18.2 Å². The molecule has 0 aliphatic heterocycles. The van der Waals surface area contributed by atoms with Gasteiger partial charge in [-0.2, -0.15) is 0 Å². The zero-order valence-electron chi connectivity index (χ0n) is 10.5. The van der Waals surface area contributed by atoms with E-state index in [-0.39, 0.29) is 23.7 Å². The molecule has 1 aliphatic rings. The molecule has 1 amide bonds. The molecule has 1 aromatic carbocycles. The Morgan fingerprint density at radius 3 is 2.72 bits per heavy atom. The number of hydrogen-bond acceptors (Lipinski definition) is 2. The number of rotatable bonds is 4. The lowest BCUT2D eigenvalue weighted by atomic mass is 9.69. The molecule has 2 rings (SSSR count). The normalized spacial score (nSPS) is 17.1. The van der Waals surface area contributed by atoms with Gasteiger partial charge in [-0.15, -0.1) is 0 Å². The predicted molar refractivity (Wildman–Crippen MR) is 66.8 cm³/mol. The second kappa shape index (κ2) is 5.06. The van der Waals surface area contributed by atoms with Gasteiger partial charge in [0, 0.05) is 17.5 Å². The van der Waals surface area contributed by atoms with Crippen molar-refractivity contribution in [2.45, 2.75) is 26.2 Å². The summed E-state index contributed by atoms with van der Waals surface area (Å²) in [5, 5.41) is 12.1. The number of aryl methyl sites for hydroxylation is 1. The molecule has 4 heteroatoms. The Morgan fingerprint density at radius 2 is 2.22 bits per heavy atom. The number of nitrogens with one attached hydrogen (secondary N) is 1. The smallest absolute Gasteiger partial charge is 0.251 e. The largest absolute Gasteiger partial charge is 0.396 e. The maximum atomic E-state index is 13.1. The number of carbonyl (C=O) groups excluding carboxylic acids is 1. The summed E-state index contributed by atoms with van der Waals surface area (Å²) >= 11 is 0. The first-order valence-electron chi connectivity index (χ1n) is 6.22. The maximum absolute atomic E-state index is 13.1. The van der Waals surface area contributed by atoms with Gasteiger partial charge in [0.2, 0.25) is 0 Å². The van der Waals surface area contributed by atoms with Crippen molar-refractivity contribution in [1.82, 2.24) is 5.32 Å². The number of aliphatic hydroxyl groups is 1. The summed E-state index contributed by atoms with van der Waals surface area (Å²) in [6, 6.07) is 4.32. The third kappa shape index (κ3) is 2.53. The van der Waals surface area contributed by atoms with E-state index in [1.54, 1.807) is 6.92 Å². The van der Waals surface area contributed by atoms with Gasteiger partial charge in [0.15, 0.2) is 0 Å². The van der Waals surface area contributed by atoms with Crippen molar-refractivity contribution in [3.63, 3.8) is 0 Å². The third-order valence-corrected chi connectivity index (χ3v) is 3.79. The van der Waals surface area contributed by atoms with Gasteiger partial charge < -0.3 is 10.4 Å². The fraction of sp³-hybridized carbons (Fsp3) is 0.500. The van der Waals surface area contributed by atoms with E-state index >= 15 is 0 Å². The Kier molecular flexibility index (Phi) is 3.66. The zero-order chi connectivity index (χ0) is 13.2. The molecule has 98 valence electrons. The lowest BCUT2D eigenvalue weighted by Crippen LogP contribution is -2.44. The summed E-state index contributed by atoms with van der Waals surface area (Å²) in [7, 11) is 0. The molecule has 0 spiro atoms. The van der Waals surface area contributed by atoms with Crippen molar-refractivity contribution in [2.75, 3.05) is 13.2 Å². The number of amides is 1. The second-order valence-electron chi connectivity index (χ2n) is 5.16. The van der Waals surface area contributed by atoms with Gasteiger partial charge in [0.05, 0.1) is 6.61 Å². The van der Waals surface area contributed by atoms with E-state index in [2.05, 4.69) is 5.32 Å². The summed E-state index contributed by atoms with van der Waals surface area (Å²) in [6.07, 6.45) is 3.00. The van der Waals surface area contributed by atoms with Crippen LogP contribution in [0.3, 0.4) is 0 Å². The predicted octanol–water partition coefficient (Wildman–Crippen LogP) is 2.03. The molecule has 1 saturated carbocycles. The SMILES string of the molecule is Cc1cc(C(=O)NCC2(CO)CCC2)ccc1F. The Balaban J connectivity index is 1.97. The van der Waals surface area contributed by atoms with E-state index in [4.69, 9.17) is 0 Å². The van der Waals surface area contributed by atoms with Crippen LogP contribution in [0.15, 0.2) is 18.2 Å². The molecule has 2 N–H and O–H groups in total. The fourth-order valence-corrected chi connectivity index (χ4v) is 2.22. The highest BCUT2D eigenvalue weighted by Gasteiger charge is 2.36. The van der Waals surface area contributed by atoms with Gasteiger partial charge in [-0.1, -0.05) is 6.42 Å². The first-order valence-corrected chi connectivity index (χ1v) is 6.22. The van der Waals surface area contributed by atoms with Crippen LogP contribution in [0.1, 0.15) is 35.2 Å². The molecular weight excluding hydrogens is 233 g/mol. The lowest BCUT2D eigenvalue weighted by molar-refractivity contribution is 0.0429. The van der Waals surface area contributed by atoms with Crippen LogP contribution >= 0.6 is 0 Å². The number of benzene rings is 1. The molecule has 0 radical (unpaired) electrons. The van der Waals surface area contributed by atoms with E-state index in [9.17, 15) is 14.3 Å². The highest BCUT2D eigenvalue weighted by molar-refractivity contribution is 5.94. The van der Waals surface area contributed by atoms with Gasteiger partial charge in [-0.3, -0.25) is 4.79 Å². The minimum absolute atomic E-state index is 0.107. The Bertz CT molecular complexity index is 450. The minimum Gasteiger partial charge on any atom is -0.396 e. The van der Waals surface area contributed by atoms with Crippen LogP contribution in [0.5, 0.6) is 0 Å². The molecule has 0 aromatic heterocycles. The van der Waals surface area contributed by atoms with Crippen molar-refractivity contribution in [2.24, 2.45) is 5.41 Å². The first-order chi connectivity index (χ1) is 8.56. The first kappa shape index (κ1) is 13.0. The van der Waals surface area contributed by atoms with E-state index in [0.29, 0.717) is 17.7 Å². The Labute approximate surface area is 106 Å². The van der Waals surface area contributed by atoms with Crippen LogP contribution in [-0.4, -0.2) is 24.2 Å². The number of halogens is 1. The molecule has 1 fully saturated rings. The fourth-order valence-electron chi connectivity index (χ4n) is 2.22. The summed E-state index contributed by atoms with van der Waals surface area (Å²) in [5.41, 5.74) is 0.787. The van der Waals surface area contributed by atoms with Gasteiger partial charge in [0.1, 0.15) is 5.82 Å². The number of carbonyl (C=O) groups is 1. The quantitative estimate of drug-likeness (QED) is 0.860. The van der Waals surface area contributed by atoms with Gasteiger partial charge in [-0.25, -0.2) is 4.39 Å². The molecule has 0 bridgehead atoms. The number of aliphatic hydroxyl groups excluding tert-OH is 1.